The lowest BCUT2D eigenvalue weighted by Crippen LogP contribution is -1.88. The molecule has 2 aromatic rings. The highest BCUT2D eigenvalue weighted by atomic mass is 79.9. The first kappa shape index (κ1) is 11.8. The standard InChI is InChI=1S/C10H7BrClN3S/c1-6-3-14-10(15-4-6)16-9-8(11)2-7(12)5-13-9/h2-5H,1H3. The Morgan fingerprint density at radius 3 is 2.50 bits per heavy atom. The van der Waals surface area contributed by atoms with Crippen LogP contribution in [0.3, 0.4) is 0 Å². The van der Waals surface area contributed by atoms with E-state index in [0.717, 1.165) is 15.1 Å². The van der Waals surface area contributed by atoms with E-state index in [9.17, 15) is 0 Å². The van der Waals surface area contributed by atoms with Crippen molar-refractivity contribution in [2.45, 2.75) is 17.1 Å². The molecule has 0 saturated carbocycles. The van der Waals surface area contributed by atoms with Crippen LogP contribution in [0.1, 0.15) is 5.56 Å². The molecule has 0 amide bonds. The fourth-order valence-corrected chi connectivity index (χ4v) is 2.52. The average Bonchev–Trinajstić information content (AvgIpc) is 2.25. The Morgan fingerprint density at radius 1 is 1.19 bits per heavy atom. The molecule has 2 aromatic heterocycles. The van der Waals surface area contributed by atoms with Crippen molar-refractivity contribution in [1.82, 2.24) is 15.0 Å². The van der Waals surface area contributed by atoms with Crippen LogP contribution in [0.4, 0.5) is 0 Å². The van der Waals surface area contributed by atoms with Crippen molar-refractivity contribution in [2.75, 3.05) is 0 Å². The van der Waals surface area contributed by atoms with Crippen LogP contribution in [0.5, 0.6) is 0 Å². The summed E-state index contributed by atoms with van der Waals surface area (Å²) in [6.07, 6.45) is 5.15. The zero-order chi connectivity index (χ0) is 11.5. The van der Waals surface area contributed by atoms with Gasteiger partial charge in [-0.05, 0) is 46.2 Å². The molecule has 0 fully saturated rings. The minimum Gasteiger partial charge on any atom is -0.247 e. The number of hydrogen-bond donors (Lipinski definition) is 0. The molecule has 0 spiro atoms. The Labute approximate surface area is 111 Å². The highest BCUT2D eigenvalue weighted by molar-refractivity contribution is 9.10. The van der Waals surface area contributed by atoms with Gasteiger partial charge in [-0.1, -0.05) is 11.6 Å². The molecule has 3 nitrogen and oxygen atoms in total. The second kappa shape index (κ2) is 5.12. The fraction of sp³-hybridized carbons (Fsp3) is 0.100. The van der Waals surface area contributed by atoms with Crippen LogP contribution in [0, 0.1) is 6.92 Å². The molecule has 0 aliphatic rings. The normalized spacial score (nSPS) is 10.4. The molecule has 0 saturated heterocycles. The molecule has 0 N–H and O–H groups in total. The molecular weight excluding hydrogens is 310 g/mol. The minimum atomic E-state index is 0.598. The van der Waals surface area contributed by atoms with Gasteiger partial charge in [-0.25, -0.2) is 15.0 Å². The summed E-state index contributed by atoms with van der Waals surface area (Å²) in [6, 6.07) is 1.80. The zero-order valence-electron chi connectivity index (χ0n) is 8.32. The van der Waals surface area contributed by atoms with Gasteiger partial charge in [0.2, 0.25) is 0 Å². The number of rotatable bonds is 2. The van der Waals surface area contributed by atoms with E-state index in [-0.39, 0.29) is 0 Å². The summed E-state index contributed by atoms with van der Waals surface area (Å²) >= 11 is 10.6. The average molecular weight is 317 g/mol. The van der Waals surface area contributed by atoms with E-state index in [0.29, 0.717) is 10.2 Å². The Kier molecular flexibility index (Phi) is 3.78. The highest BCUT2D eigenvalue weighted by Crippen LogP contribution is 2.30. The predicted molar refractivity (Wildman–Crippen MR) is 67.8 cm³/mol. The first-order chi connectivity index (χ1) is 7.65. The van der Waals surface area contributed by atoms with Gasteiger partial charge in [-0.15, -0.1) is 0 Å². The van der Waals surface area contributed by atoms with Crippen molar-refractivity contribution in [3.63, 3.8) is 0 Å². The number of pyridine rings is 1. The van der Waals surface area contributed by atoms with Crippen molar-refractivity contribution in [3.8, 4) is 0 Å². The zero-order valence-corrected chi connectivity index (χ0v) is 11.5. The SMILES string of the molecule is Cc1cnc(Sc2ncc(Cl)cc2Br)nc1. The van der Waals surface area contributed by atoms with Gasteiger partial charge >= 0.3 is 0 Å². The number of aromatic nitrogens is 3. The highest BCUT2D eigenvalue weighted by Gasteiger charge is 2.06. The number of aryl methyl sites for hydroxylation is 1. The maximum atomic E-state index is 5.81. The summed E-state index contributed by atoms with van der Waals surface area (Å²) in [5, 5.41) is 2.07. The Hall–Kier alpha value is -0.650. The van der Waals surface area contributed by atoms with E-state index in [1.54, 1.807) is 24.7 Å². The molecular formula is C10H7BrClN3S. The molecule has 2 rings (SSSR count). The van der Waals surface area contributed by atoms with E-state index >= 15 is 0 Å². The van der Waals surface area contributed by atoms with E-state index in [1.807, 2.05) is 6.92 Å². The summed E-state index contributed by atoms with van der Waals surface area (Å²) < 4.78 is 0.842. The van der Waals surface area contributed by atoms with E-state index < -0.39 is 0 Å². The number of halogens is 2. The Bertz CT molecular complexity index is 504. The van der Waals surface area contributed by atoms with Gasteiger partial charge < -0.3 is 0 Å². The van der Waals surface area contributed by atoms with Gasteiger partial charge in [0.15, 0.2) is 5.16 Å². The summed E-state index contributed by atoms with van der Waals surface area (Å²) in [5.74, 6) is 0. The molecule has 0 atom stereocenters. The van der Waals surface area contributed by atoms with Crippen LogP contribution in [0.15, 0.2) is 39.3 Å². The van der Waals surface area contributed by atoms with E-state index in [1.165, 1.54) is 11.8 Å². The molecule has 0 aliphatic carbocycles. The van der Waals surface area contributed by atoms with E-state index in [2.05, 4.69) is 30.9 Å². The monoisotopic (exact) mass is 315 g/mol. The van der Waals surface area contributed by atoms with Crippen molar-refractivity contribution in [2.24, 2.45) is 0 Å². The second-order valence-electron chi connectivity index (χ2n) is 3.09. The first-order valence-electron chi connectivity index (χ1n) is 4.43. The quantitative estimate of drug-likeness (QED) is 0.791. The molecule has 0 radical (unpaired) electrons. The molecule has 16 heavy (non-hydrogen) atoms. The predicted octanol–water partition coefficient (Wildman–Crippen LogP) is 3.75. The Balaban J connectivity index is 2.23. The van der Waals surface area contributed by atoms with Gasteiger partial charge in [0.05, 0.1) is 9.50 Å². The largest absolute Gasteiger partial charge is 0.247 e. The van der Waals surface area contributed by atoms with Crippen LogP contribution in [-0.4, -0.2) is 15.0 Å². The molecule has 0 unspecified atom stereocenters. The van der Waals surface area contributed by atoms with Gasteiger partial charge in [0, 0.05) is 18.6 Å². The lowest BCUT2D eigenvalue weighted by Gasteiger charge is -2.02. The van der Waals surface area contributed by atoms with Crippen LogP contribution in [0.25, 0.3) is 0 Å². The van der Waals surface area contributed by atoms with Crippen LogP contribution < -0.4 is 0 Å². The van der Waals surface area contributed by atoms with Crippen molar-refractivity contribution < 1.29 is 0 Å². The van der Waals surface area contributed by atoms with Crippen LogP contribution in [0.2, 0.25) is 5.02 Å². The van der Waals surface area contributed by atoms with Gasteiger partial charge in [0.1, 0.15) is 5.03 Å². The molecule has 6 heteroatoms. The molecule has 0 aromatic carbocycles. The van der Waals surface area contributed by atoms with Crippen molar-refractivity contribution in [1.29, 1.82) is 0 Å². The summed E-state index contributed by atoms with van der Waals surface area (Å²) in [4.78, 5) is 12.6. The Morgan fingerprint density at radius 2 is 1.88 bits per heavy atom. The topological polar surface area (TPSA) is 38.7 Å². The van der Waals surface area contributed by atoms with Crippen molar-refractivity contribution >= 4 is 39.3 Å². The number of nitrogens with zero attached hydrogens (tertiary/aromatic N) is 3. The molecule has 0 bridgehead atoms. The molecule has 2 heterocycles. The minimum absolute atomic E-state index is 0.598. The van der Waals surface area contributed by atoms with Gasteiger partial charge in [-0.2, -0.15) is 0 Å². The maximum Gasteiger partial charge on any atom is 0.193 e. The third-order valence-corrected chi connectivity index (χ3v) is 3.70. The maximum absolute atomic E-state index is 5.81. The smallest absolute Gasteiger partial charge is 0.193 e. The second-order valence-corrected chi connectivity index (χ2v) is 5.33. The van der Waals surface area contributed by atoms with Gasteiger partial charge in [-0.3, -0.25) is 0 Å². The fourth-order valence-electron chi connectivity index (χ4n) is 0.997. The summed E-state index contributed by atoms with van der Waals surface area (Å²) in [5.41, 5.74) is 1.03. The summed E-state index contributed by atoms with van der Waals surface area (Å²) in [7, 11) is 0. The molecule has 0 aliphatic heterocycles. The van der Waals surface area contributed by atoms with Crippen LogP contribution >= 0.6 is 39.3 Å². The van der Waals surface area contributed by atoms with Gasteiger partial charge in [0.25, 0.3) is 0 Å². The number of hydrogen-bond acceptors (Lipinski definition) is 4. The molecule has 82 valence electrons. The third-order valence-electron chi connectivity index (χ3n) is 1.72. The first-order valence-corrected chi connectivity index (χ1v) is 6.41. The lowest BCUT2D eigenvalue weighted by molar-refractivity contribution is 0.943. The van der Waals surface area contributed by atoms with Crippen LogP contribution in [-0.2, 0) is 0 Å². The van der Waals surface area contributed by atoms with Crippen molar-refractivity contribution in [3.05, 3.63) is 39.7 Å². The summed E-state index contributed by atoms with van der Waals surface area (Å²) in [6.45, 7) is 1.95. The third kappa shape index (κ3) is 2.93. The lowest BCUT2D eigenvalue weighted by atomic mass is 10.4. The van der Waals surface area contributed by atoms with E-state index in [4.69, 9.17) is 11.6 Å².